The number of nitro benzene ring substituents is 1. The first-order chi connectivity index (χ1) is 16.7. The monoisotopic (exact) mass is 554 g/mol. The Kier molecular flexibility index (Phi) is 7.51. The van der Waals surface area contributed by atoms with Gasteiger partial charge in [-0.05, 0) is 35.9 Å². The Hall–Kier alpha value is -3.24. The van der Waals surface area contributed by atoms with Gasteiger partial charge in [-0.1, -0.05) is 52.5 Å². The fourth-order valence-corrected chi connectivity index (χ4v) is 3.84. The lowest BCUT2D eigenvalue weighted by Crippen LogP contribution is -2.12. The number of hydrogen-bond acceptors (Lipinski definition) is 6. The maximum Gasteiger partial charge on any atom is 0.292 e. The summed E-state index contributed by atoms with van der Waals surface area (Å²) in [4.78, 5) is 23.0. The molecular formula is C22H14Cl4N4O5. The van der Waals surface area contributed by atoms with E-state index in [9.17, 15) is 14.9 Å². The van der Waals surface area contributed by atoms with Crippen LogP contribution in [-0.2, 0) is 13.2 Å². The Morgan fingerprint density at radius 1 is 1.06 bits per heavy atom. The van der Waals surface area contributed by atoms with E-state index in [4.69, 9.17) is 55.6 Å². The number of halogens is 4. The number of rotatable bonds is 8. The van der Waals surface area contributed by atoms with Crippen LogP contribution in [0.1, 0.15) is 21.9 Å². The smallest absolute Gasteiger partial charge is 0.292 e. The zero-order valence-corrected chi connectivity index (χ0v) is 20.5. The first-order valence-electron chi connectivity index (χ1n) is 9.83. The predicted octanol–water partition coefficient (Wildman–Crippen LogP) is 6.88. The fraction of sp³-hybridized carbons (Fsp3) is 0.0909. The molecule has 9 nitrogen and oxygen atoms in total. The van der Waals surface area contributed by atoms with Crippen LogP contribution in [0.15, 0.2) is 59.1 Å². The highest BCUT2D eigenvalue weighted by molar-refractivity contribution is 6.35. The minimum Gasteiger partial charge on any atom is -0.484 e. The summed E-state index contributed by atoms with van der Waals surface area (Å²) in [7, 11) is 0. The maximum absolute atomic E-state index is 12.6. The van der Waals surface area contributed by atoms with Crippen LogP contribution in [0.5, 0.6) is 5.75 Å². The number of amides is 1. The van der Waals surface area contributed by atoms with E-state index in [1.807, 2.05) is 0 Å². The quantitative estimate of drug-likeness (QED) is 0.187. The van der Waals surface area contributed by atoms with Gasteiger partial charge in [-0.15, -0.1) is 0 Å². The van der Waals surface area contributed by atoms with Crippen molar-refractivity contribution >= 4 is 63.8 Å². The minimum atomic E-state index is -0.582. The third-order valence-electron chi connectivity index (χ3n) is 4.68. The molecule has 1 amide bonds. The second-order valence-electron chi connectivity index (χ2n) is 7.14. The van der Waals surface area contributed by atoms with E-state index in [-0.39, 0.29) is 39.7 Å². The molecule has 13 heteroatoms. The molecule has 2 aromatic heterocycles. The highest BCUT2D eigenvalue weighted by Crippen LogP contribution is 2.30. The molecule has 0 aliphatic heterocycles. The molecule has 0 aliphatic rings. The molecule has 0 spiro atoms. The highest BCUT2D eigenvalue weighted by Gasteiger charge is 2.17. The summed E-state index contributed by atoms with van der Waals surface area (Å²) >= 11 is 24.4. The molecule has 4 rings (SSSR count). The van der Waals surface area contributed by atoms with Crippen molar-refractivity contribution in [2.45, 2.75) is 13.2 Å². The molecule has 2 heterocycles. The van der Waals surface area contributed by atoms with Crippen molar-refractivity contribution < 1.29 is 18.9 Å². The normalized spacial score (nSPS) is 10.9. The number of ether oxygens (including phenoxy) is 1. The highest BCUT2D eigenvalue weighted by atomic mass is 35.5. The van der Waals surface area contributed by atoms with Gasteiger partial charge in [0.05, 0.1) is 22.6 Å². The van der Waals surface area contributed by atoms with Gasteiger partial charge in [-0.25, -0.2) is 0 Å². The Bertz CT molecular complexity index is 1420. The van der Waals surface area contributed by atoms with Gasteiger partial charge < -0.3 is 14.5 Å². The summed E-state index contributed by atoms with van der Waals surface area (Å²) < 4.78 is 12.5. The van der Waals surface area contributed by atoms with E-state index in [1.54, 1.807) is 24.4 Å². The summed E-state index contributed by atoms with van der Waals surface area (Å²) in [5.74, 6) is -0.0474. The number of nitrogens with one attached hydrogen (secondary N) is 1. The number of benzene rings is 2. The maximum atomic E-state index is 12.6. The van der Waals surface area contributed by atoms with Crippen molar-refractivity contribution in [3.63, 3.8) is 0 Å². The Morgan fingerprint density at radius 3 is 2.60 bits per heavy atom. The fourth-order valence-electron chi connectivity index (χ4n) is 3.00. The van der Waals surface area contributed by atoms with E-state index >= 15 is 0 Å². The number of carbonyl (C=O) groups excluding carboxylic acids is 1. The topological polar surface area (TPSA) is 112 Å². The van der Waals surface area contributed by atoms with Crippen molar-refractivity contribution in [1.82, 2.24) is 9.78 Å². The van der Waals surface area contributed by atoms with Gasteiger partial charge in [0.15, 0.2) is 11.6 Å². The molecule has 0 unspecified atom stereocenters. The third-order valence-corrected chi connectivity index (χ3v) is 5.85. The number of carbonyl (C=O) groups is 1. The van der Waals surface area contributed by atoms with Crippen LogP contribution in [0.2, 0.25) is 20.1 Å². The van der Waals surface area contributed by atoms with Crippen LogP contribution >= 0.6 is 46.4 Å². The Balaban J connectivity index is 1.39. The van der Waals surface area contributed by atoms with Gasteiger partial charge in [0.2, 0.25) is 0 Å². The van der Waals surface area contributed by atoms with Crippen LogP contribution in [0.3, 0.4) is 0 Å². The number of non-ortho nitro benzene ring substituents is 1. The van der Waals surface area contributed by atoms with E-state index in [1.165, 1.54) is 35.0 Å². The van der Waals surface area contributed by atoms with Gasteiger partial charge in [0.25, 0.3) is 11.6 Å². The molecule has 0 bridgehead atoms. The molecule has 0 radical (unpaired) electrons. The van der Waals surface area contributed by atoms with E-state index in [0.29, 0.717) is 22.4 Å². The second kappa shape index (κ2) is 10.6. The molecule has 0 atom stereocenters. The molecule has 1 N–H and O–H groups in total. The van der Waals surface area contributed by atoms with Crippen LogP contribution in [0.4, 0.5) is 11.5 Å². The van der Waals surface area contributed by atoms with Crippen LogP contribution in [0.25, 0.3) is 0 Å². The van der Waals surface area contributed by atoms with Crippen molar-refractivity contribution in [3.8, 4) is 5.75 Å². The number of anilines is 1. The molecule has 4 aromatic rings. The van der Waals surface area contributed by atoms with Crippen LogP contribution in [0, 0.1) is 10.1 Å². The average molecular weight is 556 g/mol. The van der Waals surface area contributed by atoms with Gasteiger partial charge in [0.1, 0.15) is 23.1 Å². The number of aromatic nitrogens is 2. The lowest BCUT2D eigenvalue weighted by Gasteiger charge is -2.06. The lowest BCUT2D eigenvalue weighted by molar-refractivity contribution is -0.384. The summed E-state index contributed by atoms with van der Waals surface area (Å²) in [6.07, 6.45) is 1.55. The van der Waals surface area contributed by atoms with Crippen LogP contribution < -0.4 is 10.1 Å². The summed E-state index contributed by atoms with van der Waals surface area (Å²) in [5, 5.41) is 19.2. The molecule has 35 heavy (non-hydrogen) atoms. The Labute approximate surface area is 218 Å². The molecule has 2 aromatic carbocycles. The molecule has 180 valence electrons. The number of nitro groups is 1. The molecule has 0 saturated heterocycles. The summed E-state index contributed by atoms with van der Waals surface area (Å²) in [6, 6.07) is 11.9. The zero-order valence-electron chi connectivity index (χ0n) is 17.5. The molecule has 0 aliphatic carbocycles. The number of furan rings is 1. The molecular weight excluding hydrogens is 542 g/mol. The van der Waals surface area contributed by atoms with Crippen molar-refractivity contribution in [2.75, 3.05) is 5.32 Å². The van der Waals surface area contributed by atoms with Gasteiger partial charge >= 0.3 is 0 Å². The SMILES string of the molecule is O=C(Nc1nn(Cc2ccc(Cl)cc2Cl)cc1Cl)c1ccc(COc2cc([N+](=O)[O-])ccc2Cl)o1. The van der Waals surface area contributed by atoms with Gasteiger partial charge in [0, 0.05) is 22.3 Å². The summed E-state index contributed by atoms with van der Waals surface area (Å²) in [6.45, 7) is 0.208. The molecule has 0 saturated carbocycles. The predicted molar refractivity (Wildman–Crippen MR) is 132 cm³/mol. The largest absolute Gasteiger partial charge is 0.484 e. The second-order valence-corrected chi connectivity index (χ2v) is 8.80. The van der Waals surface area contributed by atoms with Crippen molar-refractivity contribution in [2.24, 2.45) is 0 Å². The van der Waals surface area contributed by atoms with E-state index in [2.05, 4.69) is 10.4 Å². The van der Waals surface area contributed by atoms with Crippen LogP contribution in [-0.4, -0.2) is 20.6 Å². The standard InChI is InChI=1S/C22H14Cl4N4O5/c23-13-2-1-12(17(25)7-13)9-29-10-18(26)21(28-29)27-22(31)19-6-4-15(35-19)11-34-20-8-14(30(32)33)3-5-16(20)24/h1-8,10H,9,11H2,(H,27,28,31). The van der Waals surface area contributed by atoms with Crippen molar-refractivity contribution in [1.29, 1.82) is 0 Å². The van der Waals surface area contributed by atoms with E-state index in [0.717, 1.165) is 5.56 Å². The van der Waals surface area contributed by atoms with Gasteiger partial charge in [-0.3, -0.25) is 19.6 Å². The first-order valence-corrected chi connectivity index (χ1v) is 11.3. The zero-order chi connectivity index (χ0) is 25.1. The van der Waals surface area contributed by atoms with Crippen molar-refractivity contribution in [3.05, 3.63) is 102 Å². The Morgan fingerprint density at radius 2 is 1.86 bits per heavy atom. The first kappa shape index (κ1) is 24.9. The van der Waals surface area contributed by atoms with E-state index < -0.39 is 10.8 Å². The average Bonchev–Trinajstić information content (AvgIpc) is 3.41. The van der Waals surface area contributed by atoms with Gasteiger partial charge in [-0.2, -0.15) is 5.10 Å². The molecule has 0 fully saturated rings. The number of nitrogens with zero attached hydrogens (tertiary/aromatic N) is 3. The number of hydrogen-bond donors (Lipinski definition) is 1. The lowest BCUT2D eigenvalue weighted by atomic mass is 10.2. The summed E-state index contributed by atoms with van der Waals surface area (Å²) in [5.41, 5.74) is 0.603. The third kappa shape index (κ3) is 6.07. The minimum absolute atomic E-state index is 0.0138.